The summed E-state index contributed by atoms with van der Waals surface area (Å²) >= 11 is 0. The first kappa shape index (κ1) is 25.4. The fourth-order valence-corrected chi connectivity index (χ4v) is 3.55. The van der Waals surface area contributed by atoms with E-state index in [2.05, 4.69) is 21.8 Å². The summed E-state index contributed by atoms with van der Waals surface area (Å²) in [6, 6.07) is 15.5. The van der Waals surface area contributed by atoms with Gasteiger partial charge in [-0.15, -0.1) is 0 Å². The Labute approximate surface area is 202 Å². The zero-order valence-corrected chi connectivity index (χ0v) is 19.8. The molecule has 0 bridgehead atoms. The molecule has 0 saturated heterocycles. The Balaban J connectivity index is 1.86. The van der Waals surface area contributed by atoms with Crippen molar-refractivity contribution in [3.8, 4) is 6.07 Å². The van der Waals surface area contributed by atoms with E-state index in [4.69, 9.17) is 11.0 Å². The van der Waals surface area contributed by atoms with Gasteiger partial charge in [-0.3, -0.25) is 19.1 Å². The summed E-state index contributed by atoms with van der Waals surface area (Å²) < 4.78 is 1.70. The van der Waals surface area contributed by atoms with E-state index in [1.165, 1.54) is 0 Å². The summed E-state index contributed by atoms with van der Waals surface area (Å²) in [4.78, 5) is 37.2. The zero-order chi connectivity index (χ0) is 25.8. The van der Waals surface area contributed by atoms with Gasteiger partial charge in [-0.05, 0) is 29.2 Å². The van der Waals surface area contributed by atoms with E-state index in [0.717, 1.165) is 11.1 Å². The molecule has 3 rings (SSSR count). The molecule has 3 aromatic rings. The standard InChI is InChI=1S/C25H28N6O4/c1-25(2,3)21(24(35)28-13-19(32)22(27)33)29-23(34)20-17-6-4-5-7-18(17)31(30-20)14-16-10-8-15(12-26)9-11-16/h4-11,19,21,32H,13-14H2,1-3H3,(H2,27,33)(H,28,35)(H,29,34)/t19-,21-/m1/s1. The Morgan fingerprint density at radius 2 is 1.80 bits per heavy atom. The molecule has 0 saturated carbocycles. The second-order valence-electron chi connectivity index (χ2n) is 9.27. The fraction of sp³-hybridized carbons (Fsp3) is 0.320. The topological polar surface area (TPSA) is 163 Å². The molecule has 0 radical (unpaired) electrons. The third kappa shape index (κ3) is 6.02. The predicted octanol–water partition coefficient (Wildman–Crippen LogP) is 1.06. The van der Waals surface area contributed by atoms with E-state index in [0.29, 0.717) is 17.5 Å². The Morgan fingerprint density at radius 1 is 1.14 bits per heavy atom. The van der Waals surface area contributed by atoms with E-state index in [1.54, 1.807) is 49.7 Å². The first-order valence-corrected chi connectivity index (χ1v) is 11.0. The number of aliphatic hydroxyl groups is 1. The highest BCUT2D eigenvalue weighted by Crippen LogP contribution is 2.23. The minimum Gasteiger partial charge on any atom is -0.381 e. The number of carbonyl (C=O) groups is 3. The normalized spacial score (nSPS) is 13.0. The lowest BCUT2D eigenvalue weighted by molar-refractivity contribution is -0.128. The maximum atomic E-state index is 13.3. The van der Waals surface area contributed by atoms with Crippen molar-refractivity contribution in [3.05, 3.63) is 65.4 Å². The van der Waals surface area contributed by atoms with Crippen LogP contribution < -0.4 is 16.4 Å². The molecule has 5 N–H and O–H groups in total. The molecule has 3 amide bonds. The summed E-state index contributed by atoms with van der Waals surface area (Å²) in [5.41, 5.74) is 6.71. The number of nitrogens with one attached hydrogen (secondary N) is 2. The van der Waals surface area contributed by atoms with Gasteiger partial charge >= 0.3 is 0 Å². The third-order valence-electron chi connectivity index (χ3n) is 5.49. The SMILES string of the molecule is CC(C)(C)[C@H](NC(=O)c1nn(Cc2ccc(C#N)cc2)c2ccccc12)C(=O)NC[C@@H](O)C(N)=O. The van der Waals surface area contributed by atoms with Crippen LogP contribution in [0.15, 0.2) is 48.5 Å². The number of fused-ring (bicyclic) bond motifs is 1. The summed E-state index contributed by atoms with van der Waals surface area (Å²) in [6.45, 7) is 5.36. The number of primary amides is 1. The maximum Gasteiger partial charge on any atom is 0.273 e. The highest BCUT2D eigenvalue weighted by molar-refractivity contribution is 6.06. The van der Waals surface area contributed by atoms with Crippen molar-refractivity contribution in [1.82, 2.24) is 20.4 Å². The summed E-state index contributed by atoms with van der Waals surface area (Å²) in [5, 5.41) is 28.9. The van der Waals surface area contributed by atoms with Crippen LogP contribution in [-0.2, 0) is 16.1 Å². The number of aliphatic hydroxyl groups excluding tert-OH is 1. The van der Waals surface area contributed by atoms with Crippen LogP contribution in [0.2, 0.25) is 0 Å². The summed E-state index contributed by atoms with van der Waals surface area (Å²) in [7, 11) is 0. The molecule has 10 heteroatoms. The molecule has 2 aromatic carbocycles. The molecular formula is C25H28N6O4. The third-order valence-corrected chi connectivity index (χ3v) is 5.49. The highest BCUT2D eigenvalue weighted by Gasteiger charge is 2.34. The minimum absolute atomic E-state index is 0.161. The first-order chi connectivity index (χ1) is 16.5. The van der Waals surface area contributed by atoms with Crippen molar-refractivity contribution in [1.29, 1.82) is 5.26 Å². The average Bonchev–Trinajstić information content (AvgIpc) is 3.18. The van der Waals surface area contributed by atoms with Crippen LogP contribution >= 0.6 is 0 Å². The molecular weight excluding hydrogens is 448 g/mol. The molecule has 0 aliphatic rings. The lowest BCUT2D eigenvalue weighted by Crippen LogP contribution is -2.55. The average molecular weight is 477 g/mol. The molecule has 0 aliphatic heterocycles. The molecule has 0 unspecified atom stereocenters. The molecule has 0 spiro atoms. The molecule has 0 aliphatic carbocycles. The lowest BCUT2D eigenvalue weighted by Gasteiger charge is -2.30. The zero-order valence-electron chi connectivity index (χ0n) is 19.8. The largest absolute Gasteiger partial charge is 0.381 e. The number of nitrogens with two attached hydrogens (primary N) is 1. The van der Waals surface area contributed by atoms with E-state index < -0.39 is 35.3 Å². The van der Waals surface area contributed by atoms with Gasteiger partial charge < -0.3 is 21.5 Å². The van der Waals surface area contributed by atoms with Gasteiger partial charge in [-0.25, -0.2) is 0 Å². The molecule has 0 fully saturated rings. The van der Waals surface area contributed by atoms with Crippen LogP contribution in [0.25, 0.3) is 10.9 Å². The highest BCUT2D eigenvalue weighted by atomic mass is 16.3. The Hall–Kier alpha value is -4.23. The fourth-order valence-electron chi connectivity index (χ4n) is 3.55. The smallest absolute Gasteiger partial charge is 0.273 e. The van der Waals surface area contributed by atoms with Gasteiger partial charge in [-0.1, -0.05) is 51.1 Å². The Morgan fingerprint density at radius 3 is 2.40 bits per heavy atom. The lowest BCUT2D eigenvalue weighted by atomic mass is 9.86. The Kier molecular flexibility index (Phi) is 7.52. The molecule has 2 atom stereocenters. The number of nitriles is 1. The summed E-state index contributed by atoms with van der Waals surface area (Å²) in [6.07, 6.45) is -1.53. The predicted molar refractivity (Wildman–Crippen MR) is 129 cm³/mol. The second-order valence-corrected chi connectivity index (χ2v) is 9.27. The van der Waals surface area contributed by atoms with Gasteiger partial charge in [0.2, 0.25) is 11.8 Å². The van der Waals surface area contributed by atoms with Gasteiger partial charge in [0.25, 0.3) is 5.91 Å². The van der Waals surface area contributed by atoms with Crippen LogP contribution in [-0.4, -0.2) is 51.3 Å². The van der Waals surface area contributed by atoms with E-state index in [-0.39, 0.29) is 12.2 Å². The van der Waals surface area contributed by atoms with Crippen molar-refractivity contribution in [2.75, 3.05) is 6.54 Å². The molecule has 1 aromatic heterocycles. The quantitative estimate of drug-likeness (QED) is 0.380. The van der Waals surface area contributed by atoms with E-state index in [1.807, 2.05) is 24.3 Å². The molecule has 1 heterocycles. The minimum atomic E-state index is -1.53. The molecule has 10 nitrogen and oxygen atoms in total. The van der Waals surface area contributed by atoms with Crippen LogP contribution in [0.4, 0.5) is 0 Å². The number of aromatic nitrogens is 2. The Bertz CT molecular complexity index is 1280. The van der Waals surface area contributed by atoms with Gasteiger partial charge in [0.15, 0.2) is 5.69 Å². The first-order valence-electron chi connectivity index (χ1n) is 11.0. The number of nitrogens with zero attached hydrogens (tertiary/aromatic N) is 3. The van der Waals surface area contributed by atoms with Crippen molar-refractivity contribution in [2.45, 2.75) is 39.5 Å². The van der Waals surface area contributed by atoms with Gasteiger partial charge in [0.1, 0.15) is 12.1 Å². The van der Waals surface area contributed by atoms with Crippen LogP contribution in [0.1, 0.15) is 42.4 Å². The molecule has 35 heavy (non-hydrogen) atoms. The number of hydrogen-bond acceptors (Lipinski definition) is 6. The number of para-hydroxylation sites is 1. The van der Waals surface area contributed by atoms with Gasteiger partial charge in [-0.2, -0.15) is 10.4 Å². The number of benzene rings is 2. The number of amides is 3. The number of carbonyl (C=O) groups excluding carboxylic acids is 3. The number of hydrogen-bond donors (Lipinski definition) is 4. The van der Waals surface area contributed by atoms with Crippen molar-refractivity contribution >= 4 is 28.6 Å². The van der Waals surface area contributed by atoms with Crippen molar-refractivity contribution in [2.24, 2.45) is 11.1 Å². The monoisotopic (exact) mass is 476 g/mol. The van der Waals surface area contributed by atoms with E-state index >= 15 is 0 Å². The van der Waals surface area contributed by atoms with Crippen molar-refractivity contribution in [3.63, 3.8) is 0 Å². The van der Waals surface area contributed by atoms with Gasteiger partial charge in [0, 0.05) is 5.39 Å². The maximum absolute atomic E-state index is 13.3. The molecule has 182 valence electrons. The van der Waals surface area contributed by atoms with Crippen LogP contribution in [0, 0.1) is 16.7 Å². The van der Waals surface area contributed by atoms with E-state index in [9.17, 15) is 19.5 Å². The second kappa shape index (κ2) is 10.4. The van der Waals surface area contributed by atoms with Crippen molar-refractivity contribution < 1.29 is 19.5 Å². The van der Waals surface area contributed by atoms with Crippen LogP contribution in [0.3, 0.4) is 0 Å². The summed E-state index contributed by atoms with van der Waals surface area (Å²) in [5.74, 6) is -2.06. The number of rotatable bonds is 8. The van der Waals surface area contributed by atoms with Crippen LogP contribution in [0.5, 0.6) is 0 Å². The van der Waals surface area contributed by atoms with Gasteiger partial charge in [0.05, 0.1) is 30.2 Å².